The highest BCUT2D eigenvalue weighted by molar-refractivity contribution is 7.87. The number of benzene rings is 1. The molecule has 0 saturated carbocycles. The van der Waals surface area contributed by atoms with Gasteiger partial charge in [-0.1, -0.05) is 78.0 Å². The second-order valence-corrected chi connectivity index (χ2v) is 16.7. The van der Waals surface area contributed by atoms with Gasteiger partial charge < -0.3 is 4.74 Å². The maximum atomic E-state index is 13.6. The summed E-state index contributed by atoms with van der Waals surface area (Å²) in [6.45, 7) is 15.7. The lowest BCUT2D eigenvalue weighted by molar-refractivity contribution is 0.0914. The van der Waals surface area contributed by atoms with Crippen LogP contribution in [0.1, 0.15) is 63.5 Å². The number of ether oxygens (including phenoxy) is 1. The maximum absolute atomic E-state index is 13.6. The Hall–Kier alpha value is -1.81. The third-order valence-electron chi connectivity index (χ3n) is 6.51. The van der Waals surface area contributed by atoms with Gasteiger partial charge in [-0.05, 0) is 17.0 Å². The minimum atomic E-state index is -3.91. The monoisotopic (exact) mass is 493 g/mol. The van der Waals surface area contributed by atoms with Gasteiger partial charge in [0.15, 0.2) is 5.78 Å². The molecule has 1 heterocycles. The van der Waals surface area contributed by atoms with Crippen LogP contribution >= 0.6 is 0 Å². The van der Waals surface area contributed by atoms with E-state index in [1.807, 2.05) is 30.3 Å². The Bertz CT molecular complexity index is 1020. The summed E-state index contributed by atoms with van der Waals surface area (Å²) < 4.78 is 35.5. The van der Waals surface area contributed by atoms with Crippen molar-refractivity contribution in [2.75, 3.05) is 19.7 Å². The van der Waals surface area contributed by atoms with Crippen LogP contribution in [0.3, 0.4) is 0 Å². The molecule has 0 atom stereocenters. The van der Waals surface area contributed by atoms with E-state index in [9.17, 15) is 13.2 Å². The average Bonchev–Trinajstić information content (AvgIpc) is 3.21. The lowest BCUT2D eigenvalue weighted by Crippen LogP contribution is -2.57. The zero-order valence-corrected chi connectivity index (χ0v) is 22.9. The van der Waals surface area contributed by atoms with Gasteiger partial charge in [0.05, 0.1) is 12.8 Å². The van der Waals surface area contributed by atoms with Gasteiger partial charge in [0.2, 0.25) is 0 Å². The molecule has 0 fully saturated rings. The van der Waals surface area contributed by atoms with Crippen LogP contribution in [0.15, 0.2) is 36.5 Å². The van der Waals surface area contributed by atoms with Gasteiger partial charge in [-0.3, -0.25) is 4.79 Å². The van der Waals surface area contributed by atoms with E-state index >= 15 is 0 Å². The number of carbonyl (C=O) groups excluding carboxylic acids is 1. The van der Waals surface area contributed by atoms with Crippen LogP contribution in [-0.2, 0) is 21.6 Å². The van der Waals surface area contributed by atoms with E-state index in [4.69, 9.17) is 4.74 Å². The van der Waals surface area contributed by atoms with Gasteiger partial charge in [0.1, 0.15) is 19.2 Å². The largest absolute Gasteiger partial charge is 0.377 e. The van der Waals surface area contributed by atoms with Crippen molar-refractivity contribution >= 4 is 29.5 Å². The van der Waals surface area contributed by atoms with E-state index in [-0.39, 0.29) is 22.9 Å². The van der Waals surface area contributed by atoms with Crippen LogP contribution in [0.25, 0.3) is 0 Å². The highest BCUT2D eigenvalue weighted by Crippen LogP contribution is 2.35. The van der Waals surface area contributed by atoms with E-state index < -0.39 is 18.3 Å². The quantitative estimate of drug-likeness (QED) is 0.251. The molecule has 0 spiro atoms. The first-order valence-electron chi connectivity index (χ1n) is 11.6. The molecule has 0 aliphatic heterocycles. The molecule has 33 heavy (non-hydrogen) atoms. The summed E-state index contributed by atoms with van der Waals surface area (Å²) in [7, 11) is -6.25. The van der Waals surface area contributed by atoms with Gasteiger partial charge in [0.25, 0.3) is 0 Å². The SMILES string of the molecule is CCN(CC)S(=O)(=O)n1c(C(=O)CCCOCc2ccccc2)cnc1[Si](C)(C)C(C)(C)C. The number of rotatable bonds is 12. The molecular weight excluding hydrogens is 454 g/mol. The predicted molar refractivity (Wildman–Crippen MR) is 136 cm³/mol. The fourth-order valence-electron chi connectivity index (χ4n) is 3.40. The Balaban J connectivity index is 2.28. The lowest BCUT2D eigenvalue weighted by Gasteiger charge is -2.36. The lowest BCUT2D eigenvalue weighted by atomic mass is 10.2. The highest BCUT2D eigenvalue weighted by atomic mass is 32.2. The molecule has 9 heteroatoms. The van der Waals surface area contributed by atoms with Crippen LogP contribution in [0.2, 0.25) is 18.1 Å². The second-order valence-electron chi connectivity index (χ2n) is 9.76. The molecule has 184 valence electrons. The van der Waals surface area contributed by atoms with Gasteiger partial charge in [-0.2, -0.15) is 12.7 Å². The minimum absolute atomic E-state index is 0.138. The van der Waals surface area contributed by atoms with Crippen LogP contribution < -0.4 is 5.45 Å². The molecule has 2 rings (SSSR count). The highest BCUT2D eigenvalue weighted by Gasteiger charge is 2.44. The number of nitrogens with zero attached hydrogens (tertiary/aromatic N) is 3. The molecule has 0 radical (unpaired) electrons. The van der Waals surface area contributed by atoms with E-state index in [0.29, 0.717) is 38.2 Å². The summed E-state index contributed by atoms with van der Waals surface area (Å²) in [4.78, 5) is 17.7. The van der Waals surface area contributed by atoms with E-state index in [0.717, 1.165) is 5.56 Å². The summed E-state index contributed by atoms with van der Waals surface area (Å²) in [5.41, 5.74) is 1.74. The minimum Gasteiger partial charge on any atom is -0.377 e. The number of imidazole rings is 1. The molecule has 0 amide bonds. The third-order valence-corrected chi connectivity index (χ3v) is 13.9. The van der Waals surface area contributed by atoms with Crippen molar-refractivity contribution < 1.29 is 17.9 Å². The number of hydrogen-bond donors (Lipinski definition) is 0. The van der Waals surface area contributed by atoms with Crippen molar-refractivity contribution in [3.05, 3.63) is 47.8 Å². The van der Waals surface area contributed by atoms with Crippen molar-refractivity contribution in [2.45, 2.75) is 72.2 Å². The Morgan fingerprint density at radius 1 is 1.12 bits per heavy atom. The summed E-state index contributed by atoms with van der Waals surface area (Å²) >= 11 is 0. The molecular formula is C24H39N3O4SSi. The molecule has 0 unspecified atom stereocenters. The van der Waals surface area contributed by atoms with Crippen molar-refractivity contribution in [1.82, 2.24) is 13.3 Å². The summed E-state index contributed by atoms with van der Waals surface area (Å²) in [6.07, 6.45) is 2.16. The summed E-state index contributed by atoms with van der Waals surface area (Å²) in [5, 5.41) is -0.138. The van der Waals surface area contributed by atoms with Crippen molar-refractivity contribution in [1.29, 1.82) is 0 Å². The first-order chi connectivity index (χ1) is 15.4. The Labute approximate surface area is 200 Å². The van der Waals surface area contributed by atoms with Crippen LogP contribution in [-0.4, -0.2) is 55.2 Å². The van der Waals surface area contributed by atoms with E-state index in [2.05, 4.69) is 38.8 Å². The summed E-state index contributed by atoms with van der Waals surface area (Å²) in [6, 6.07) is 9.85. The average molecular weight is 494 g/mol. The molecule has 0 aliphatic rings. The third kappa shape index (κ3) is 6.20. The van der Waals surface area contributed by atoms with Gasteiger partial charge >= 0.3 is 10.2 Å². The zero-order chi connectivity index (χ0) is 24.9. The zero-order valence-electron chi connectivity index (χ0n) is 21.1. The fraction of sp³-hybridized carbons (Fsp3) is 0.583. The maximum Gasteiger partial charge on any atom is 0.309 e. The Morgan fingerprint density at radius 3 is 2.27 bits per heavy atom. The van der Waals surface area contributed by atoms with Crippen molar-refractivity contribution in [3.8, 4) is 0 Å². The fourth-order valence-corrected chi connectivity index (χ4v) is 7.67. The smallest absolute Gasteiger partial charge is 0.309 e. The number of carbonyl (C=O) groups is 1. The molecule has 0 aliphatic carbocycles. The first-order valence-corrected chi connectivity index (χ1v) is 16.0. The van der Waals surface area contributed by atoms with E-state index in [1.165, 1.54) is 14.5 Å². The number of aromatic nitrogens is 2. The molecule has 0 N–H and O–H groups in total. The van der Waals surface area contributed by atoms with Crippen LogP contribution in [0, 0.1) is 0 Å². The molecule has 2 aromatic rings. The van der Waals surface area contributed by atoms with Gasteiger partial charge in [-0.15, -0.1) is 0 Å². The van der Waals surface area contributed by atoms with Gasteiger partial charge in [-0.25, -0.2) is 8.96 Å². The Kier molecular flexibility index (Phi) is 9.21. The molecule has 0 saturated heterocycles. The van der Waals surface area contributed by atoms with Crippen LogP contribution in [0.5, 0.6) is 0 Å². The standard InChI is InChI=1S/C24H39N3O4SSi/c1-8-26(9-2)32(29,30)27-21(18-25-23(27)33(6,7)24(3,4)5)22(28)16-13-17-31-19-20-14-11-10-12-15-20/h10-12,14-15,18H,8-9,13,16-17,19H2,1-7H3. The van der Waals surface area contributed by atoms with Crippen molar-refractivity contribution in [2.24, 2.45) is 0 Å². The van der Waals surface area contributed by atoms with Crippen LogP contribution in [0.4, 0.5) is 0 Å². The topological polar surface area (TPSA) is 81.5 Å². The number of ketones is 1. The number of hydrogen-bond acceptors (Lipinski definition) is 5. The molecule has 1 aromatic carbocycles. The molecule has 7 nitrogen and oxygen atoms in total. The molecule has 0 bridgehead atoms. The predicted octanol–water partition coefficient (Wildman–Crippen LogP) is 4.21. The van der Waals surface area contributed by atoms with Gasteiger partial charge in [0, 0.05) is 26.1 Å². The second kappa shape index (κ2) is 11.1. The normalized spacial score (nSPS) is 13.0. The van der Waals surface area contributed by atoms with Crippen molar-refractivity contribution in [3.63, 3.8) is 0 Å². The molecule has 1 aromatic heterocycles. The van der Waals surface area contributed by atoms with E-state index in [1.54, 1.807) is 13.8 Å². The Morgan fingerprint density at radius 2 is 1.73 bits per heavy atom. The first kappa shape index (κ1) is 27.4. The number of Topliss-reactive ketones (excluding diaryl/α,β-unsaturated/α-hetero) is 1. The summed E-state index contributed by atoms with van der Waals surface area (Å²) in [5.74, 6) is -0.230.